The number of nitrogens with zero attached hydrogens (tertiary/aromatic N) is 2. The number of benzene rings is 2. The van der Waals surface area contributed by atoms with Crippen LogP contribution in [0.1, 0.15) is 18.1 Å². The van der Waals surface area contributed by atoms with Crippen LogP contribution < -0.4 is 15.0 Å². The molecule has 4 rings (SSSR count). The van der Waals surface area contributed by atoms with Gasteiger partial charge in [0.05, 0.1) is 19.8 Å². The molecule has 0 radical (unpaired) electrons. The summed E-state index contributed by atoms with van der Waals surface area (Å²) in [7, 11) is 1.62. The quantitative estimate of drug-likeness (QED) is 0.667. The minimum atomic E-state index is -0.0581. The second-order valence-electron chi connectivity index (χ2n) is 7.77. The lowest BCUT2D eigenvalue weighted by Crippen LogP contribution is -2.46. The summed E-state index contributed by atoms with van der Waals surface area (Å²) in [6.45, 7) is 9.70. The summed E-state index contributed by atoms with van der Waals surface area (Å²) < 4.78 is 10.8. The van der Waals surface area contributed by atoms with E-state index >= 15 is 0 Å². The Morgan fingerprint density at radius 1 is 1.13 bits per heavy atom. The molecule has 0 atom stereocenters. The van der Waals surface area contributed by atoms with Gasteiger partial charge in [0.1, 0.15) is 11.3 Å². The van der Waals surface area contributed by atoms with Gasteiger partial charge in [-0.3, -0.25) is 4.79 Å². The smallest absolute Gasteiger partial charge is 0.228 e. The molecular weight excluding hydrogens is 378 g/mol. The van der Waals surface area contributed by atoms with E-state index in [0.29, 0.717) is 0 Å². The van der Waals surface area contributed by atoms with Gasteiger partial charge >= 0.3 is 0 Å². The molecule has 0 aliphatic carbocycles. The summed E-state index contributed by atoms with van der Waals surface area (Å²) in [5.74, 6) is 0.678. The van der Waals surface area contributed by atoms with E-state index in [1.165, 1.54) is 11.3 Å². The van der Waals surface area contributed by atoms with Crippen molar-refractivity contribution in [2.45, 2.75) is 20.3 Å². The zero-order valence-corrected chi connectivity index (χ0v) is 17.9. The molecule has 1 saturated heterocycles. The normalized spacial score (nSPS) is 14.8. The fraction of sp³-hybridized carbons (Fsp3) is 0.375. The largest absolute Gasteiger partial charge is 0.497 e. The number of ether oxygens (including phenoxy) is 1. The topological polar surface area (TPSA) is 58.0 Å². The van der Waals surface area contributed by atoms with Crippen LogP contribution in [0.25, 0.3) is 11.0 Å². The summed E-state index contributed by atoms with van der Waals surface area (Å²) in [5.41, 5.74) is 4.84. The van der Waals surface area contributed by atoms with Crippen LogP contribution in [0.3, 0.4) is 0 Å². The van der Waals surface area contributed by atoms with E-state index in [0.717, 1.165) is 60.7 Å². The molecule has 2 aromatic carbocycles. The van der Waals surface area contributed by atoms with Gasteiger partial charge < -0.3 is 24.3 Å². The molecule has 1 aliphatic heterocycles. The Balaban J connectivity index is 1.41. The third-order valence-corrected chi connectivity index (χ3v) is 5.85. The SMILES string of the molecule is CCN1CCN(c2ccc(NC(=O)Cc3coc4cc(OC)ccc34)cc2C)CC1. The summed E-state index contributed by atoms with van der Waals surface area (Å²) in [5, 5.41) is 3.96. The number of carbonyl (C=O) groups is 1. The first-order valence-electron chi connectivity index (χ1n) is 10.5. The number of hydrogen-bond donors (Lipinski definition) is 1. The first-order valence-corrected chi connectivity index (χ1v) is 10.5. The second-order valence-corrected chi connectivity index (χ2v) is 7.77. The van der Waals surface area contributed by atoms with E-state index in [-0.39, 0.29) is 12.3 Å². The lowest BCUT2D eigenvalue weighted by molar-refractivity contribution is -0.115. The van der Waals surface area contributed by atoms with Crippen molar-refractivity contribution >= 4 is 28.3 Å². The number of carbonyl (C=O) groups excluding carboxylic acids is 1. The van der Waals surface area contributed by atoms with Gasteiger partial charge in [-0.15, -0.1) is 0 Å². The van der Waals surface area contributed by atoms with E-state index in [2.05, 4.69) is 41.1 Å². The molecule has 1 fully saturated rings. The van der Waals surface area contributed by atoms with E-state index in [9.17, 15) is 4.79 Å². The first kappa shape index (κ1) is 20.3. The lowest BCUT2D eigenvalue weighted by atomic mass is 10.1. The van der Waals surface area contributed by atoms with E-state index < -0.39 is 0 Å². The van der Waals surface area contributed by atoms with Crippen LogP contribution in [0, 0.1) is 6.92 Å². The van der Waals surface area contributed by atoms with Gasteiger partial charge in [0.25, 0.3) is 0 Å². The van der Waals surface area contributed by atoms with Gasteiger partial charge in [-0.25, -0.2) is 0 Å². The highest BCUT2D eigenvalue weighted by Gasteiger charge is 2.18. The number of methoxy groups -OCH3 is 1. The Morgan fingerprint density at radius 2 is 1.93 bits per heavy atom. The van der Waals surface area contributed by atoms with Crippen LogP contribution in [0.15, 0.2) is 47.1 Å². The Kier molecular flexibility index (Phi) is 5.95. The van der Waals surface area contributed by atoms with Crippen LogP contribution in [-0.4, -0.2) is 50.6 Å². The van der Waals surface area contributed by atoms with Crippen molar-refractivity contribution < 1.29 is 13.9 Å². The highest BCUT2D eigenvalue weighted by molar-refractivity contribution is 5.95. The molecule has 6 nitrogen and oxygen atoms in total. The third kappa shape index (κ3) is 4.28. The van der Waals surface area contributed by atoms with Gasteiger partial charge in [-0.2, -0.15) is 0 Å². The van der Waals surface area contributed by atoms with Crippen molar-refractivity contribution in [3.8, 4) is 5.75 Å². The molecular formula is C24H29N3O3. The van der Waals surface area contributed by atoms with Crippen molar-refractivity contribution in [3.05, 3.63) is 53.8 Å². The number of hydrogen-bond acceptors (Lipinski definition) is 5. The van der Waals surface area contributed by atoms with Gasteiger partial charge in [-0.05, 0) is 49.4 Å². The van der Waals surface area contributed by atoms with Crippen LogP contribution >= 0.6 is 0 Å². The first-order chi connectivity index (χ1) is 14.6. The Bertz CT molecular complexity index is 1040. The molecule has 0 spiro atoms. The number of fused-ring (bicyclic) bond motifs is 1. The highest BCUT2D eigenvalue weighted by Crippen LogP contribution is 2.27. The zero-order chi connectivity index (χ0) is 21.1. The van der Waals surface area contributed by atoms with Crippen molar-refractivity contribution in [1.29, 1.82) is 0 Å². The van der Waals surface area contributed by atoms with E-state index in [1.807, 2.05) is 24.3 Å². The number of anilines is 2. The predicted molar refractivity (Wildman–Crippen MR) is 121 cm³/mol. The fourth-order valence-electron chi connectivity index (χ4n) is 4.10. The van der Waals surface area contributed by atoms with Gasteiger partial charge in [0.2, 0.25) is 5.91 Å². The van der Waals surface area contributed by atoms with Crippen molar-refractivity contribution in [2.24, 2.45) is 0 Å². The maximum absolute atomic E-state index is 12.6. The number of amides is 1. The highest BCUT2D eigenvalue weighted by atomic mass is 16.5. The molecule has 1 amide bonds. The van der Waals surface area contributed by atoms with E-state index in [4.69, 9.17) is 9.15 Å². The maximum Gasteiger partial charge on any atom is 0.228 e. The fourth-order valence-corrected chi connectivity index (χ4v) is 4.10. The molecule has 0 bridgehead atoms. The van der Waals surface area contributed by atoms with Gasteiger partial charge in [0.15, 0.2) is 0 Å². The van der Waals surface area contributed by atoms with Crippen LogP contribution in [0.2, 0.25) is 0 Å². The summed E-state index contributed by atoms with van der Waals surface area (Å²) in [4.78, 5) is 17.5. The molecule has 3 aromatic rings. The molecule has 158 valence electrons. The average Bonchev–Trinajstić information content (AvgIpc) is 3.15. The molecule has 6 heteroatoms. The lowest BCUT2D eigenvalue weighted by Gasteiger charge is -2.36. The summed E-state index contributed by atoms with van der Waals surface area (Å²) in [6.07, 6.45) is 1.91. The second kappa shape index (κ2) is 8.79. The molecule has 2 heterocycles. The number of rotatable bonds is 6. The molecule has 0 unspecified atom stereocenters. The number of furan rings is 1. The van der Waals surface area contributed by atoms with E-state index in [1.54, 1.807) is 13.4 Å². The molecule has 0 saturated carbocycles. The van der Waals surface area contributed by atoms with Gasteiger partial charge in [-0.1, -0.05) is 6.92 Å². The molecule has 1 aliphatic rings. The third-order valence-electron chi connectivity index (χ3n) is 5.85. The predicted octanol–water partition coefficient (Wildman–Crippen LogP) is 4.07. The van der Waals surface area contributed by atoms with Crippen molar-refractivity contribution in [1.82, 2.24) is 4.90 Å². The standard InChI is InChI=1S/C24H29N3O3/c1-4-26-9-11-27(12-10-26)22-8-5-19(13-17(22)2)25-24(28)14-18-16-30-23-15-20(29-3)6-7-21(18)23/h5-8,13,15-16H,4,9-12,14H2,1-3H3,(H,25,28). The molecule has 1 N–H and O–H groups in total. The molecule has 1 aromatic heterocycles. The molecule has 30 heavy (non-hydrogen) atoms. The number of likely N-dealkylation sites (N-methyl/N-ethyl adjacent to an activating group) is 1. The van der Waals surface area contributed by atoms with Gasteiger partial charge in [0, 0.05) is 54.6 Å². The van der Waals surface area contributed by atoms with Crippen LogP contribution in [-0.2, 0) is 11.2 Å². The minimum absolute atomic E-state index is 0.0581. The number of nitrogens with one attached hydrogen (secondary N) is 1. The Labute approximate surface area is 177 Å². The zero-order valence-electron chi connectivity index (χ0n) is 17.9. The number of piperazine rings is 1. The summed E-state index contributed by atoms with van der Waals surface area (Å²) in [6, 6.07) is 11.8. The average molecular weight is 408 g/mol. The van der Waals surface area contributed by atoms with Crippen molar-refractivity contribution in [3.63, 3.8) is 0 Å². The summed E-state index contributed by atoms with van der Waals surface area (Å²) >= 11 is 0. The monoisotopic (exact) mass is 407 g/mol. The van der Waals surface area contributed by atoms with Crippen molar-refractivity contribution in [2.75, 3.05) is 50.1 Å². The van der Waals surface area contributed by atoms with Crippen LogP contribution in [0.4, 0.5) is 11.4 Å². The number of aryl methyl sites for hydroxylation is 1. The van der Waals surface area contributed by atoms with Crippen LogP contribution in [0.5, 0.6) is 5.75 Å². The minimum Gasteiger partial charge on any atom is -0.497 e. The maximum atomic E-state index is 12.6. The Morgan fingerprint density at radius 3 is 2.63 bits per heavy atom. The Hall–Kier alpha value is -2.99.